The Morgan fingerprint density at radius 3 is 2.71 bits per heavy atom. The second-order valence-electron chi connectivity index (χ2n) is 3.30. The number of hydrogen-bond donors (Lipinski definition) is 0. The number of para-hydroxylation sites is 1. The van der Waals surface area contributed by atoms with Crippen LogP contribution in [-0.4, -0.2) is 19.2 Å². The topological polar surface area (TPSA) is 35.5 Å². The van der Waals surface area contributed by atoms with Gasteiger partial charge in [-0.05, 0) is 25.0 Å². The zero-order valence-corrected chi connectivity index (χ0v) is 8.03. The Labute approximate surface area is 82.6 Å². The lowest BCUT2D eigenvalue weighted by Gasteiger charge is -2.08. The summed E-state index contributed by atoms with van der Waals surface area (Å²) in [6.07, 6.45) is 2.45. The lowest BCUT2D eigenvalue weighted by atomic mass is 10.2. The zero-order valence-electron chi connectivity index (χ0n) is 8.03. The number of ether oxygens (including phenoxy) is 2. The van der Waals surface area contributed by atoms with Crippen molar-refractivity contribution in [3.05, 3.63) is 29.8 Å². The van der Waals surface area contributed by atoms with Gasteiger partial charge in [-0.25, -0.2) is 4.79 Å². The van der Waals surface area contributed by atoms with Crippen molar-refractivity contribution in [1.82, 2.24) is 0 Å². The average molecular weight is 192 g/mol. The Balaban J connectivity index is 2.22. The number of hydrogen-bond acceptors (Lipinski definition) is 3. The molecule has 0 radical (unpaired) electrons. The Hall–Kier alpha value is -1.51. The lowest BCUT2D eigenvalue weighted by molar-refractivity contribution is 0.0595. The highest BCUT2D eigenvalue weighted by atomic mass is 16.5. The van der Waals surface area contributed by atoms with E-state index in [4.69, 9.17) is 4.74 Å². The molecular weight excluding hydrogens is 180 g/mol. The van der Waals surface area contributed by atoms with E-state index >= 15 is 0 Å². The van der Waals surface area contributed by atoms with Gasteiger partial charge in [0, 0.05) is 0 Å². The van der Waals surface area contributed by atoms with E-state index in [9.17, 15) is 4.79 Å². The van der Waals surface area contributed by atoms with E-state index in [2.05, 4.69) is 4.74 Å². The van der Waals surface area contributed by atoms with Gasteiger partial charge in [0.2, 0.25) is 0 Å². The van der Waals surface area contributed by atoms with Crippen molar-refractivity contribution >= 4 is 5.97 Å². The molecule has 3 heteroatoms. The van der Waals surface area contributed by atoms with Crippen molar-refractivity contribution in [2.75, 3.05) is 7.11 Å². The van der Waals surface area contributed by atoms with Crippen LogP contribution in [0, 0.1) is 0 Å². The van der Waals surface area contributed by atoms with Gasteiger partial charge in [-0.2, -0.15) is 0 Å². The van der Waals surface area contributed by atoms with Gasteiger partial charge in [-0.15, -0.1) is 0 Å². The molecule has 0 saturated heterocycles. The molecule has 1 aliphatic rings. The summed E-state index contributed by atoms with van der Waals surface area (Å²) in [5, 5.41) is 0. The molecule has 0 N–H and O–H groups in total. The summed E-state index contributed by atoms with van der Waals surface area (Å²) in [5.74, 6) is 0.281. The van der Waals surface area contributed by atoms with Crippen LogP contribution in [0.1, 0.15) is 23.2 Å². The van der Waals surface area contributed by atoms with Crippen molar-refractivity contribution in [2.45, 2.75) is 18.9 Å². The smallest absolute Gasteiger partial charge is 0.341 e. The SMILES string of the molecule is COC(=O)c1ccccc1OC1CC1. The molecule has 1 aliphatic carbocycles. The summed E-state index contributed by atoms with van der Waals surface area (Å²) in [6, 6.07) is 7.16. The highest BCUT2D eigenvalue weighted by Crippen LogP contribution is 2.29. The fourth-order valence-corrected chi connectivity index (χ4v) is 1.21. The third kappa shape index (κ3) is 1.87. The maximum absolute atomic E-state index is 11.3. The van der Waals surface area contributed by atoms with E-state index in [1.807, 2.05) is 6.07 Å². The van der Waals surface area contributed by atoms with Crippen LogP contribution in [-0.2, 0) is 4.74 Å². The maximum atomic E-state index is 11.3. The molecule has 0 aliphatic heterocycles. The molecule has 0 bridgehead atoms. The Bertz CT molecular complexity index is 342. The van der Waals surface area contributed by atoms with E-state index in [1.54, 1.807) is 18.2 Å². The molecule has 1 saturated carbocycles. The predicted octanol–water partition coefficient (Wildman–Crippen LogP) is 2.01. The number of carbonyl (C=O) groups excluding carboxylic acids is 1. The van der Waals surface area contributed by atoms with E-state index in [0.717, 1.165) is 12.8 Å². The monoisotopic (exact) mass is 192 g/mol. The summed E-state index contributed by atoms with van der Waals surface area (Å²) in [4.78, 5) is 11.3. The summed E-state index contributed by atoms with van der Waals surface area (Å²) in [5.41, 5.74) is 0.502. The van der Waals surface area contributed by atoms with E-state index in [-0.39, 0.29) is 5.97 Å². The fraction of sp³-hybridized carbons (Fsp3) is 0.364. The maximum Gasteiger partial charge on any atom is 0.341 e. The highest BCUT2D eigenvalue weighted by Gasteiger charge is 2.25. The molecule has 74 valence electrons. The average Bonchev–Trinajstić information content (AvgIpc) is 3.01. The molecule has 14 heavy (non-hydrogen) atoms. The number of esters is 1. The predicted molar refractivity (Wildman–Crippen MR) is 51.4 cm³/mol. The lowest BCUT2D eigenvalue weighted by Crippen LogP contribution is -2.06. The minimum atomic E-state index is -0.346. The number of methoxy groups -OCH3 is 1. The third-order valence-corrected chi connectivity index (χ3v) is 2.11. The summed E-state index contributed by atoms with van der Waals surface area (Å²) >= 11 is 0. The van der Waals surface area contributed by atoms with Crippen molar-refractivity contribution in [1.29, 1.82) is 0 Å². The van der Waals surface area contributed by atoms with Crippen LogP contribution >= 0.6 is 0 Å². The van der Waals surface area contributed by atoms with E-state index < -0.39 is 0 Å². The van der Waals surface area contributed by atoms with Gasteiger partial charge in [0.1, 0.15) is 11.3 Å². The molecule has 0 unspecified atom stereocenters. The number of rotatable bonds is 3. The van der Waals surface area contributed by atoms with Gasteiger partial charge in [0.25, 0.3) is 0 Å². The molecule has 3 nitrogen and oxygen atoms in total. The van der Waals surface area contributed by atoms with E-state index in [1.165, 1.54) is 7.11 Å². The van der Waals surface area contributed by atoms with E-state index in [0.29, 0.717) is 17.4 Å². The van der Waals surface area contributed by atoms with Crippen LogP contribution < -0.4 is 4.74 Å². The molecule has 0 spiro atoms. The van der Waals surface area contributed by atoms with Crippen LogP contribution in [0.4, 0.5) is 0 Å². The van der Waals surface area contributed by atoms with Crippen LogP contribution in [0.25, 0.3) is 0 Å². The van der Waals surface area contributed by atoms with Crippen molar-refractivity contribution in [2.24, 2.45) is 0 Å². The first kappa shape index (κ1) is 9.06. The van der Waals surface area contributed by atoms with Crippen LogP contribution in [0.2, 0.25) is 0 Å². The first-order valence-electron chi connectivity index (χ1n) is 4.65. The number of carbonyl (C=O) groups is 1. The second-order valence-corrected chi connectivity index (χ2v) is 3.30. The largest absolute Gasteiger partial charge is 0.490 e. The van der Waals surface area contributed by atoms with Gasteiger partial charge < -0.3 is 9.47 Å². The minimum Gasteiger partial charge on any atom is -0.490 e. The van der Waals surface area contributed by atoms with Crippen LogP contribution in [0.5, 0.6) is 5.75 Å². The van der Waals surface area contributed by atoms with Crippen molar-refractivity contribution in [3.8, 4) is 5.75 Å². The molecule has 0 aromatic heterocycles. The third-order valence-electron chi connectivity index (χ3n) is 2.11. The molecule has 0 amide bonds. The molecule has 1 aromatic rings. The highest BCUT2D eigenvalue weighted by molar-refractivity contribution is 5.92. The molecule has 0 atom stereocenters. The van der Waals surface area contributed by atoms with Gasteiger partial charge >= 0.3 is 5.97 Å². The summed E-state index contributed by atoms with van der Waals surface area (Å²) < 4.78 is 10.2. The van der Waals surface area contributed by atoms with Crippen molar-refractivity contribution < 1.29 is 14.3 Å². The normalized spacial score (nSPS) is 14.9. The minimum absolute atomic E-state index is 0.292. The van der Waals surface area contributed by atoms with Crippen LogP contribution in [0.15, 0.2) is 24.3 Å². The first-order valence-corrected chi connectivity index (χ1v) is 4.65. The first-order chi connectivity index (χ1) is 6.81. The van der Waals surface area contributed by atoms with Crippen molar-refractivity contribution in [3.63, 3.8) is 0 Å². The molecule has 2 rings (SSSR count). The Kier molecular flexibility index (Phi) is 2.39. The molecule has 0 heterocycles. The Morgan fingerprint density at radius 1 is 1.36 bits per heavy atom. The summed E-state index contributed by atoms with van der Waals surface area (Å²) in [7, 11) is 1.37. The molecule has 1 aromatic carbocycles. The Morgan fingerprint density at radius 2 is 2.07 bits per heavy atom. The standard InChI is InChI=1S/C11H12O3/c1-13-11(12)9-4-2-3-5-10(9)14-8-6-7-8/h2-5,8H,6-7H2,1H3. The van der Waals surface area contributed by atoms with Gasteiger partial charge in [0.05, 0.1) is 13.2 Å². The fourth-order valence-electron chi connectivity index (χ4n) is 1.21. The van der Waals surface area contributed by atoms with Gasteiger partial charge in [-0.3, -0.25) is 0 Å². The summed E-state index contributed by atoms with van der Waals surface area (Å²) in [6.45, 7) is 0. The number of benzene rings is 1. The van der Waals surface area contributed by atoms with Crippen LogP contribution in [0.3, 0.4) is 0 Å². The van der Waals surface area contributed by atoms with Gasteiger partial charge in [-0.1, -0.05) is 12.1 Å². The quantitative estimate of drug-likeness (QED) is 0.687. The molecular formula is C11H12O3. The second kappa shape index (κ2) is 3.70. The zero-order chi connectivity index (χ0) is 9.97. The van der Waals surface area contributed by atoms with Gasteiger partial charge in [0.15, 0.2) is 0 Å². The molecule has 1 fully saturated rings.